The fourth-order valence-corrected chi connectivity index (χ4v) is 5.67. The van der Waals surface area contributed by atoms with Crippen molar-refractivity contribution in [3.8, 4) is 11.1 Å². The van der Waals surface area contributed by atoms with Gasteiger partial charge in [0.15, 0.2) is 0 Å². The van der Waals surface area contributed by atoms with Crippen LogP contribution in [0.3, 0.4) is 0 Å². The number of para-hydroxylation sites is 2. The number of fused-ring (bicyclic) bond motifs is 7. The molecular formula is C36H23NO2. The van der Waals surface area contributed by atoms with E-state index in [0.29, 0.717) is 0 Å². The highest BCUT2D eigenvalue weighted by atomic mass is 16.3. The Hall–Kier alpha value is -5.28. The fraction of sp³-hybridized carbons (Fsp3) is 0. The van der Waals surface area contributed by atoms with E-state index in [4.69, 9.17) is 8.83 Å². The Labute approximate surface area is 225 Å². The number of hydrogen-bond acceptors (Lipinski definition) is 3. The molecule has 0 aliphatic rings. The summed E-state index contributed by atoms with van der Waals surface area (Å²) in [6.45, 7) is 0. The van der Waals surface area contributed by atoms with E-state index in [1.165, 1.54) is 11.1 Å². The van der Waals surface area contributed by atoms with Crippen molar-refractivity contribution < 1.29 is 8.83 Å². The van der Waals surface area contributed by atoms with E-state index in [2.05, 4.69) is 108 Å². The summed E-state index contributed by atoms with van der Waals surface area (Å²) >= 11 is 0. The fourth-order valence-electron chi connectivity index (χ4n) is 5.67. The highest BCUT2D eigenvalue weighted by Crippen LogP contribution is 2.42. The second kappa shape index (κ2) is 8.64. The molecule has 0 spiro atoms. The Morgan fingerprint density at radius 2 is 0.897 bits per heavy atom. The summed E-state index contributed by atoms with van der Waals surface area (Å²) in [6, 6.07) is 48.3. The van der Waals surface area contributed by atoms with Crippen molar-refractivity contribution >= 4 is 60.9 Å². The standard InChI is InChI=1S/C36H23NO2/c1-3-9-24(10-4-1)25-15-17-27(18-16-25)37(26-11-5-2-6-12-26)28-19-20-30-34(23-28)39-33-22-21-32-35(36(30)33)29-13-7-8-14-31(29)38-32/h1-23H. The highest BCUT2D eigenvalue weighted by Gasteiger charge is 2.18. The molecule has 184 valence electrons. The minimum absolute atomic E-state index is 0.849. The SMILES string of the molecule is c1ccc(-c2ccc(N(c3ccccc3)c3ccc4c(c3)oc3ccc5oc6ccccc6c5c34)cc2)cc1. The molecule has 0 fully saturated rings. The normalized spacial score (nSPS) is 11.6. The molecule has 39 heavy (non-hydrogen) atoms. The topological polar surface area (TPSA) is 29.5 Å². The lowest BCUT2D eigenvalue weighted by atomic mass is 10.0. The van der Waals surface area contributed by atoms with Crippen molar-refractivity contribution in [2.75, 3.05) is 4.90 Å². The van der Waals surface area contributed by atoms with Crippen molar-refractivity contribution in [3.05, 3.63) is 140 Å². The zero-order valence-corrected chi connectivity index (χ0v) is 21.0. The summed E-state index contributed by atoms with van der Waals surface area (Å²) in [7, 11) is 0. The van der Waals surface area contributed by atoms with Gasteiger partial charge in [-0.05, 0) is 65.7 Å². The molecule has 8 rings (SSSR count). The molecule has 0 bridgehead atoms. The van der Waals surface area contributed by atoms with Crippen LogP contribution in [0.25, 0.3) is 55.0 Å². The average molecular weight is 502 g/mol. The van der Waals surface area contributed by atoms with Crippen LogP contribution in [0.4, 0.5) is 17.1 Å². The molecule has 8 aromatic rings. The van der Waals surface area contributed by atoms with Gasteiger partial charge in [0.1, 0.15) is 22.3 Å². The van der Waals surface area contributed by atoms with Gasteiger partial charge in [0.2, 0.25) is 0 Å². The monoisotopic (exact) mass is 501 g/mol. The first-order chi connectivity index (χ1) is 19.3. The van der Waals surface area contributed by atoms with Gasteiger partial charge in [-0.2, -0.15) is 0 Å². The van der Waals surface area contributed by atoms with Crippen LogP contribution < -0.4 is 4.90 Å². The second-order valence-electron chi connectivity index (χ2n) is 9.78. The van der Waals surface area contributed by atoms with Gasteiger partial charge >= 0.3 is 0 Å². The van der Waals surface area contributed by atoms with E-state index in [9.17, 15) is 0 Å². The zero-order chi connectivity index (χ0) is 25.8. The smallest absolute Gasteiger partial charge is 0.137 e. The molecule has 0 unspecified atom stereocenters. The molecule has 0 atom stereocenters. The van der Waals surface area contributed by atoms with E-state index >= 15 is 0 Å². The van der Waals surface area contributed by atoms with E-state index in [-0.39, 0.29) is 0 Å². The van der Waals surface area contributed by atoms with Crippen LogP contribution in [0.1, 0.15) is 0 Å². The van der Waals surface area contributed by atoms with E-state index < -0.39 is 0 Å². The molecule has 3 nitrogen and oxygen atoms in total. The Morgan fingerprint density at radius 3 is 1.64 bits per heavy atom. The van der Waals surface area contributed by atoms with E-state index in [1.807, 2.05) is 36.4 Å². The molecule has 2 heterocycles. The maximum Gasteiger partial charge on any atom is 0.137 e. The van der Waals surface area contributed by atoms with E-state index in [1.54, 1.807) is 0 Å². The van der Waals surface area contributed by atoms with Crippen LogP contribution in [0.15, 0.2) is 148 Å². The lowest BCUT2D eigenvalue weighted by Gasteiger charge is -2.25. The summed E-state index contributed by atoms with van der Waals surface area (Å²) < 4.78 is 12.6. The predicted molar refractivity (Wildman–Crippen MR) is 161 cm³/mol. The van der Waals surface area contributed by atoms with Gasteiger partial charge in [-0.15, -0.1) is 0 Å². The van der Waals surface area contributed by atoms with Gasteiger partial charge in [0, 0.05) is 44.7 Å². The third-order valence-corrected chi connectivity index (χ3v) is 7.46. The molecule has 0 amide bonds. The lowest BCUT2D eigenvalue weighted by Crippen LogP contribution is -2.09. The molecular weight excluding hydrogens is 478 g/mol. The first-order valence-corrected chi connectivity index (χ1v) is 13.1. The van der Waals surface area contributed by atoms with Crippen LogP contribution in [0, 0.1) is 0 Å². The van der Waals surface area contributed by atoms with Gasteiger partial charge in [-0.3, -0.25) is 0 Å². The van der Waals surface area contributed by atoms with Crippen molar-refractivity contribution in [1.29, 1.82) is 0 Å². The summed E-state index contributed by atoms with van der Waals surface area (Å²) in [5, 5.41) is 4.39. The number of nitrogens with zero attached hydrogens (tertiary/aromatic N) is 1. The Bertz CT molecular complexity index is 2100. The molecule has 0 radical (unpaired) electrons. The Kier molecular flexibility index (Phi) is 4.82. The van der Waals surface area contributed by atoms with Crippen molar-refractivity contribution in [2.45, 2.75) is 0 Å². The predicted octanol–water partition coefficient (Wildman–Crippen LogP) is 10.6. The number of hydrogen-bond donors (Lipinski definition) is 0. The van der Waals surface area contributed by atoms with Crippen molar-refractivity contribution in [3.63, 3.8) is 0 Å². The molecule has 6 aromatic carbocycles. The highest BCUT2D eigenvalue weighted by molar-refractivity contribution is 6.25. The quantitative estimate of drug-likeness (QED) is 0.240. The van der Waals surface area contributed by atoms with Crippen LogP contribution >= 0.6 is 0 Å². The third kappa shape index (κ3) is 3.52. The minimum atomic E-state index is 0.849. The largest absolute Gasteiger partial charge is 0.456 e. The molecule has 0 aliphatic heterocycles. The van der Waals surface area contributed by atoms with Crippen LogP contribution in [-0.4, -0.2) is 0 Å². The van der Waals surface area contributed by atoms with Crippen LogP contribution in [0.5, 0.6) is 0 Å². The first-order valence-electron chi connectivity index (χ1n) is 13.1. The summed E-state index contributed by atoms with van der Waals surface area (Å²) in [6.07, 6.45) is 0. The molecule has 0 saturated heterocycles. The van der Waals surface area contributed by atoms with Gasteiger partial charge in [-0.25, -0.2) is 0 Å². The number of benzene rings is 6. The van der Waals surface area contributed by atoms with Gasteiger partial charge in [0.25, 0.3) is 0 Å². The summed E-state index contributed by atoms with van der Waals surface area (Å²) in [5.74, 6) is 0. The van der Waals surface area contributed by atoms with Gasteiger partial charge in [0.05, 0.1) is 0 Å². The summed E-state index contributed by atoms with van der Waals surface area (Å²) in [4.78, 5) is 2.27. The maximum absolute atomic E-state index is 6.45. The van der Waals surface area contributed by atoms with E-state index in [0.717, 1.165) is 60.9 Å². The first kappa shape index (κ1) is 21.8. The molecule has 3 heteroatoms. The number of rotatable bonds is 4. The molecule has 0 saturated carbocycles. The van der Waals surface area contributed by atoms with Gasteiger partial charge in [-0.1, -0.05) is 78.9 Å². The average Bonchev–Trinajstić information content (AvgIpc) is 3.56. The van der Waals surface area contributed by atoms with Gasteiger partial charge < -0.3 is 13.7 Å². The number of furan rings is 2. The summed E-state index contributed by atoms with van der Waals surface area (Å²) in [5.41, 5.74) is 9.08. The van der Waals surface area contributed by atoms with Crippen molar-refractivity contribution in [2.24, 2.45) is 0 Å². The Balaban J connectivity index is 1.30. The molecule has 0 aliphatic carbocycles. The minimum Gasteiger partial charge on any atom is -0.456 e. The lowest BCUT2D eigenvalue weighted by molar-refractivity contribution is 0.663. The maximum atomic E-state index is 6.45. The zero-order valence-electron chi connectivity index (χ0n) is 21.0. The molecule has 0 N–H and O–H groups in total. The molecule has 2 aromatic heterocycles. The number of anilines is 3. The Morgan fingerprint density at radius 1 is 0.359 bits per heavy atom. The van der Waals surface area contributed by atoms with Crippen LogP contribution in [-0.2, 0) is 0 Å². The van der Waals surface area contributed by atoms with Crippen LogP contribution in [0.2, 0.25) is 0 Å². The second-order valence-corrected chi connectivity index (χ2v) is 9.78. The third-order valence-electron chi connectivity index (χ3n) is 7.46. The van der Waals surface area contributed by atoms with Crippen molar-refractivity contribution in [1.82, 2.24) is 0 Å².